The minimum atomic E-state index is -4.91. The van der Waals surface area contributed by atoms with Crippen LogP contribution in [0.3, 0.4) is 0 Å². The highest BCUT2D eigenvalue weighted by Gasteiger charge is 2.39. The molecular weight excluding hydrogens is 822 g/mol. The third-order valence-electron chi connectivity index (χ3n) is 9.78. The van der Waals surface area contributed by atoms with Crippen molar-refractivity contribution < 1.29 is 76.9 Å². The van der Waals surface area contributed by atoms with Gasteiger partial charge >= 0.3 is 27.6 Å². The fourth-order valence-electron chi connectivity index (χ4n) is 6.41. The molecule has 1 rings (SSSR count). The molecule has 0 aliphatic heterocycles. The summed E-state index contributed by atoms with van der Waals surface area (Å²) < 4.78 is 47.7. The van der Waals surface area contributed by atoms with Gasteiger partial charge in [0, 0.05) is 18.8 Å². The molecule has 0 amide bonds. The fraction of sp³-hybridized carbons (Fsp3) is 0.762. The van der Waals surface area contributed by atoms with Crippen LogP contribution in [-0.2, 0) is 41.8 Å². The van der Waals surface area contributed by atoms with Crippen LogP contribution in [0.15, 0.2) is 48.6 Å². The summed E-state index contributed by atoms with van der Waals surface area (Å²) in [6.07, 6.45) is 25.2. The van der Waals surface area contributed by atoms with Crippen LogP contribution in [0.1, 0.15) is 136 Å². The zero-order valence-electron chi connectivity index (χ0n) is 35.6. The topological polar surface area (TPSA) is 256 Å². The molecule has 1 saturated carbocycles. The fourth-order valence-corrected chi connectivity index (χ4v) is 7.57. The Morgan fingerprint density at radius 2 is 1.32 bits per heavy atom. The van der Waals surface area contributed by atoms with Crippen LogP contribution in [0.4, 0.5) is 0 Å². The molecule has 18 heteroatoms. The van der Waals surface area contributed by atoms with Crippen LogP contribution in [0.25, 0.3) is 0 Å². The van der Waals surface area contributed by atoms with Crippen LogP contribution < -0.4 is 0 Å². The van der Waals surface area contributed by atoms with E-state index in [1.165, 1.54) is 25.3 Å². The lowest BCUT2D eigenvalue weighted by atomic mass is 9.89. The van der Waals surface area contributed by atoms with Crippen LogP contribution in [0, 0.1) is 11.8 Å². The molecule has 0 radical (unpaired) electrons. The SMILES string of the molecule is CCCCC/C=C\C/C=C\CCCCCCCC(=O)OC[C@H](COP(=O)(O)OC[C@@H](O)COP(=O)(O)O)OC(=O)C/C=C\C[C@H]1[C@@H](/C=C/[C@H](O)CCCCC)[C@H](O)C[C@@H]1O. The Morgan fingerprint density at radius 3 is 2.00 bits per heavy atom. The molecule has 0 aromatic rings. The zero-order valence-corrected chi connectivity index (χ0v) is 37.4. The highest BCUT2D eigenvalue weighted by molar-refractivity contribution is 7.47. The maximum atomic E-state index is 12.8. The van der Waals surface area contributed by atoms with Crippen molar-refractivity contribution in [1.29, 1.82) is 0 Å². The molecule has 348 valence electrons. The van der Waals surface area contributed by atoms with E-state index in [0.29, 0.717) is 19.3 Å². The van der Waals surface area contributed by atoms with E-state index in [4.69, 9.17) is 23.8 Å². The average Bonchev–Trinajstić information content (AvgIpc) is 3.46. The normalized spacial score (nSPS) is 21.3. The van der Waals surface area contributed by atoms with Crippen molar-refractivity contribution in [3.8, 4) is 0 Å². The van der Waals surface area contributed by atoms with Gasteiger partial charge in [-0.15, -0.1) is 0 Å². The average molecular weight is 897 g/mol. The lowest BCUT2D eigenvalue weighted by molar-refractivity contribution is -0.160. The zero-order chi connectivity index (χ0) is 44.7. The highest BCUT2D eigenvalue weighted by Crippen LogP contribution is 2.44. The molecule has 0 heterocycles. The van der Waals surface area contributed by atoms with Gasteiger partial charge in [-0.25, -0.2) is 9.13 Å². The Balaban J connectivity index is 2.65. The largest absolute Gasteiger partial charge is 0.472 e. The molecule has 16 nitrogen and oxygen atoms in total. The summed E-state index contributed by atoms with van der Waals surface area (Å²) in [4.78, 5) is 52.9. The molecule has 7 N–H and O–H groups in total. The van der Waals surface area contributed by atoms with Crippen molar-refractivity contribution in [2.24, 2.45) is 11.8 Å². The standard InChI is InChI=1S/C42H74O16P2/c1-3-5-7-8-9-10-11-12-13-14-15-16-17-18-20-25-41(47)54-32-36(33-57-60(52,53)56-31-35(44)30-55-59(49,50)51)58-42(48)26-22-21-24-37-38(40(46)29-39(37)45)28-27-34(43)23-19-6-4-2/h9-10,12-13,21-22,27-28,34-40,43-46H,3-8,11,14-20,23-26,29-33H2,1-2H3,(H,52,53)(H2,49,50,51)/b10-9-,13-12-,22-21-,28-27+/t34-,35+,36-,37+,38-,39+,40-/m1/s1. The van der Waals surface area contributed by atoms with Crippen LogP contribution in [-0.4, -0.2) is 104 Å². The van der Waals surface area contributed by atoms with Gasteiger partial charge in [0.05, 0.1) is 44.6 Å². The Kier molecular flexibility index (Phi) is 31.3. The van der Waals surface area contributed by atoms with E-state index in [-0.39, 0.29) is 25.2 Å². The number of aliphatic hydroxyl groups excluding tert-OH is 4. The summed E-state index contributed by atoms with van der Waals surface area (Å²) in [5, 5.41) is 41.1. The number of aliphatic hydroxyl groups is 4. The molecule has 1 aliphatic carbocycles. The first-order chi connectivity index (χ1) is 28.6. The number of hydrogen-bond donors (Lipinski definition) is 7. The van der Waals surface area contributed by atoms with Crippen LogP contribution in [0.2, 0.25) is 0 Å². The summed E-state index contributed by atoms with van der Waals surface area (Å²) in [7, 11) is -9.81. The number of allylic oxidation sites excluding steroid dienone is 5. The van der Waals surface area contributed by atoms with Gasteiger partial charge < -0.3 is 44.6 Å². The number of unbranched alkanes of at least 4 members (excludes halogenated alkanes) is 10. The van der Waals surface area contributed by atoms with Gasteiger partial charge in [-0.1, -0.05) is 114 Å². The summed E-state index contributed by atoms with van der Waals surface area (Å²) in [5.74, 6) is -2.10. The second-order valence-electron chi connectivity index (χ2n) is 15.2. The van der Waals surface area contributed by atoms with E-state index in [0.717, 1.165) is 64.2 Å². The van der Waals surface area contributed by atoms with E-state index in [2.05, 4.69) is 47.2 Å². The van der Waals surface area contributed by atoms with Gasteiger partial charge in [-0.2, -0.15) is 0 Å². The van der Waals surface area contributed by atoms with Crippen molar-refractivity contribution in [1.82, 2.24) is 0 Å². The number of carbonyl (C=O) groups is 2. The van der Waals surface area contributed by atoms with E-state index in [9.17, 15) is 44.0 Å². The number of carbonyl (C=O) groups excluding carboxylic acids is 2. The van der Waals surface area contributed by atoms with Crippen molar-refractivity contribution >= 4 is 27.6 Å². The predicted molar refractivity (Wildman–Crippen MR) is 227 cm³/mol. The van der Waals surface area contributed by atoms with E-state index < -0.39 is 90.4 Å². The minimum Gasteiger partial charge on any atom is -0.462 e. The molecule has 0 bridgehead atoms. The Morgan fingerprint density at radius 1 is 0.700 bits per heavy atom. The predicted octanol–water partition coefficient (Wildman–Crippen LogP) is 7.05. The summed E-state index contributed by atoms with van der Waals surface area (Å²) in [6, 6.07) is 0. The monoisotopic (exact) mass is 896 g/mol. The first-order valence-electron chi connectivity index (χ1n) is 21.6. The summed E-state index contributed by atoms with van der Waals surface area (Å²) in [5.41, 5.74) is 0. The van der Waals surface area contributed by atoms with Crippen molar-refractivity contribution in [2.45, 2.75) is 166 Å². The molecule has 1 unspecified atom stereocenters. The van der Waals surface area contributed by atoms with E-state index >= 15 is 0 Å². The minimum absolute atomic E-state index is 0.112. The van der Waals surface area contributed by atoms with Gasteiger partial charge in [0.1, 0.15) is 12.7 Å². The Bertz CT molecular complexity index is 1360. The van der Waals surface area contributed by atoms with E-state index in [1.807, 2.05) is 0 Å². The maximum absolute atomic E-state index is 12.8. The van der Waals surface area contributed by atoms with E-state index in [1.54, 1.807) is 18.2 Å². The molecule has 8 atom stereocenters. The van der Waals surface area contributed by atoms with Crippen molar-refractivity contribution in [3.63, 3.8) is 0 Å². The van der Waals surface area contributed by atoms with Gasteiger partial charge in [0.2, 0.25) is 0 Å². The number of ether oxygens (including phenoxy) is 2. The van der Waals surface area contributed by atoms with Crippen LogP contribution in [0.5, 0.6) is 0 Å². The molecule has 0 aromatic carbocycles. The molecule has 1 aliphatic rings. The van der Waals surface area contributed by atoms with Crippen LogP contribution >= 0.6 is 15.6 Å². The maximum Gasteiger partial charge on any atom is 0.472 e. The number of rotatable bonds is 36. The lowest BCUT2D eigenvalue weighted by Crippen LogP contribution is -2.29. The van der Waals surface area contributed by atoms with Crippen molar-refractivity contribution in [3.05, 3.63) is 48.6 Å². The number of phosphoric ester groups is 2. The van der Waals surface area contributed by atoms with Gasteiger partial charge in [-0.3, -0.25) is 23.2 Å². The Hall–Kier alpha value is -2.04. The van der Waals surface area contributed by atoms with Crippen molar-refractivity contribution in [2.75, 3.05) is 26.4 Å². The van der Waals surface area contributed by atoms with Gasteiger partial charge in [0.25, 0.3) is 0 Å². The molecule has 0 spiro atoms. The number of phosphoric acid groups is 2. The molecule has 1 fully saturated rings. The molecule has 60 heavy (non-hydrogen) atoms. The first-order valence-corrected chi connectivity index (χ1v) is 24.6. The second kappa shape index (κ2) is 33.5. The second-order valence-corrected chi connectivity index (χ2v) is 17.9. The molecular formula is C42H74O16P2. The smallest absolute Gasteiger partial charge is 0.462 e. The lowest BCUT2D eigenvalue weighted by Gasteiger charge is -2.20. The summed E-state index contributed by atoms with van der Waals surface area (Å²) in [6.45, 7) is 1.22. The quantitative estimate of drug-likeness (QED) is 0.0144. The van der Waals surface area contributed by atoms with Gasteiger partial charge in [-0.05, 0) is 57.3 Å². The summed E-state index contributed by atoms with van der Waals surface area (Å²) >= 11 is 0. The number of hydrogen-bond acceptors (Lipinski definition) is 13. The molecule has 0 aromatic heterocycles. The highest BCUT2D eigenvalue weighted by atomic mass is 31.2. The first kappa shape index (κ1) is 56.0. The Labute approximate surface area is 356 Å². The third-order valence-corrected chi connectivity index (χ3v) is 11.2. The third kappa shape index (κ3) is 30.1. The van der Waals surface area contributed by atoms with Gasteiger partial charge in [0.15, 0.2) is 6.10 Å². The molecule has 0 saturated heterocycles. The number of esters is 2.